The van der Waals surface area contributed by atoms with Gasteiger partial charge in [0.1, 0.15) is 12.4 Å². The minimum Gasteiger partial charge on any atom is -0.377 e. The second-order valence-electron chi connectivity index (χ2n) is 5.72. The highest BCUT2D eigenvalue weighted by Crippen LogP contribution is 2.13. The molecule has 1 atom stereocenters. The van der Waals surface area contributed by atoms with Crippen LogP contribution in [0.1, 0.15) is 31.4 Å². The first-order valence-electron chi connectivity index (χ1n) is 8.31. The Hall–Kier alpha value is -2.16. The molecule has 1 aromatic rings. The molecule has 0 fully saturated rings. The Morgan fingerprint density at radius 2 is 2.29 bits per heavy atom. The van der Waals surface area contributed by atoms with Crippen LogP contribution < -0.4 is 16.0 Å². The fourth-order valence-corrected chi connectivity index (χ4v) is 2.55. The number of fused-ring (bicyclic) bond motifs is 1. The summed E-state index contributed by atoms with van der Waals surface area (Å²) < 4.78 is 6.99. The van der Waals surface area contributed by atoms with Gasteiger partial charge >= 0.3 is 0 Å². The molecule has 1 aliphatic heterocycles. The van der Waals surface area contributed by atoms with E-state index in [1.54, 1.807) is 14.2 Å². The Bertz CT molecular complexity index is 570. The first-order valence-corrected chi connectivity index (χ1v) is 8.31. The van der Waals surface area contributed by atoms with E-state index >= 15 is 0 Å². The zero-order chi connectivity index (χ0) is 17.4. The van der Waals surface area contributed by atoms with E-state index in [9.17, 15) is 4.79 Å². The fourth-order valence-electron chi connectivity index (χ4n) is 2.55. The normalized spacial score (nSPS) is 17.3. The molecule has 24 heavy (non-hydrogen) atoms. The third kappa shape index (κ3) is 5.19. The molecule has 3 N–H and O–H groups in total. The first kappa shape index (κ1) is 18.2. The second kappa shape index (κ2) is 9.21. The number of methoxy groups -OCH3 is 1. The van der Waals surface area contributed by atoms with Gasteiger partial charge in [-0.15, -0.1) is 0 Å². The van der Waals surface area contributed by atoms with Crippen molar-refractivity contribution in [2.45, 2.75) is 45.4 Å². The van der Waals surface area contributed by atoms with Crippen LogP contribution in [0.4, 0.5) is 0 Å². The molecule has 9 heteroatoms. The van der Waals surface area contributed by atoms with E-state index in [2.05, 4.69) is 31.0 Å². The standard InChI is InChI=1S/C15H27N7O2/c1-4-7-17-14(23)8-18-15(16-2)19-11-5-6-13-20-12(10-24-3)21-22(13)9-11/h11H,4-10H2,1-3H3,(H,17,23)(H2,16,18,19). The number of carbonyl (C=O) groups is 1. The smallest absolute Gasteiger partial charge is 0.239 e. The Labute approximate surface area is 142 Å². The van der Waals surface area contributed by atoms with Crippen LogP contribution in [0, 0.1) is 0 Å². The molecule has 1 amide bonds. The maximum Gasteiger partial charge on any atom is 0.239 e. The Morgan fingerprint density at radius 3 is 3.00 bits per heavy atom. The van der Waals surface area contributed by atoms with Gasteiger partial charge in [-0.05, 0) is 12.8 Å². The summed E-state index contributed by atoms with van der Waals surface area (Å²) in [5, 5.41) is 13.6. The average Bonchev–Trinajstić information content (AvgIpc) is 2.98. The van der Waals surface area contributed by atoms with Crippen molar-refractivity contribution in [1.82, 2.24) is 30.7 Å². The molecule has 1 aliphatic rings. The summed E-state index contributed by atoms with van der Waals surface area (Å²) in [5.41, 5.74) is 0. The van der Waals surface area contributed by atoms with E-state index < -0.39 is 0 Å². The third-order valence-corrected chi connectivity index (χ3v) is 3.73. The van der Waals surface area contributed by atoms with Crippen molar-refractivity contribution >= 4 is 11.9 Å². The summed E-state index contributed by atoms with van der Waals surface area (Å²) in [5.74, 6) is 2.28. The van der Waals surface area contributed by atoms with Crippen molar-refractivity contribution in [2.24, 2.45) is 4.99 Å². The largest absolute Gasteiger partial charge is 0.377 e. The van der Waals surface area contributed by atoms with Crippen LogP contribution in [-0.4, -0.2) is 59.9 Å². The molecular formula is C15H27N7O2. The lowest BCUT2D eigenvalue weighted by Crippen LogP contribution is -2.49. The number of nitrogens with one attached hydrogen (secondary N) is 3. The number of hydrogen-bond acceptors (Lipinski definition) is 5. The van der Waals surface area contributed by atoms with Gasteiger partial charge in [-0.1, -0.05) is 6.92 Å². The molecule has 0 spiro atoms. The predicted molar refractivity (Wildman–Crippen MR) is 90.6 cm³/mol. The monoisotopic (exact) mass is 337 g/mol. The molecule has 0 bridgehead atoms. The number of amides is 1. The van der Waals surface area contributed by atoms with Crippen molar-refractivity contribution in [3.05, 3.63) is 11.6 Å². The van der Waals surface area contributed by atoms with Gasteiger partial charge in [-0.25, -0.2) is 9.67 Å². The average molecular weight is 337 g/mol. The highest BCUT2D eigenvalue weighted by Gasteiger charge is 2.22. The molecule has 0 aromatic carbocycles. The van der Waals surface area contributed by atoms with Crippen molar-refractivity contribution in [3.63, 3.8) is 0 Å². The quantitative estimate of drug-likeness (QED) is 0.455. The molecule has 0 saturated carbocycles. The number of hydrogen-bond donors (Lipinski definition) is 3. The fraction of sp³-hybridized carbons (Fsp3) is 0.733. The molecule has 0 aliphatic carbocycles. The van der Waals surface area contributed by atoms with E-state index in [4.69, 9.17) is 4.74 Å². The topological polar surface area (TPSA) is 105 Å². The Kier molecular flexibility index (Phi) is 6.98. The van der Waals surface area contributed by atoms with Crippen molar-refractivity contribution in [3.8, 4) is 0 Å². The van der Waals surface area contributed by atoms with Crippen LogP contribution in [0.3, 0.4) is 0 Å². The molecule has 0 saturated heterocycles. The molecule has 9 nitrogen and oxygen atoms in total. The molecular weight excluding hydrogens is 310 g/mol. The second-order valence-corrected chi connectivity index (χ2v) is 5.72. The van der Waals surface area contributed by atoms with Gasteiger partial charge in [0.25, 0.3) is 0 Å². The number of guanidine groups is 1. The number of rotatable bonds is 7. The maximum atomic E-state index is 11.7. The summed E-state index contributed by atoms with van der Waals surface area (Å²) in [4.78, 5) is 20.3. The zero-order valence-electron chi connectivity index (χ0n) is 14.6. The Balaban J connectivity index is 1.82. The van der Waals surface area contributed by atoms with E-state index in [0.29, 0.717) is 24.9 Å². The minimum atomic E-state index is -0.0359. The molecule has 1 unspecified atom stereocenters. The lowest BCUT2D eigenvalue weighted by Gasteiger charge is -2.25. The van der Waals surface area contributed by atoms with Gasteiger partial charge in [0.2, 0.25) is 5.91 Å². The van der Waals surface area contributed by atoms with Gasteiger partial charge < -0.3 is 20.7 Å². The van der Waals surface area contributed by atoms with Gasteiger partial charge in [-0.2, -0.15) is 5.10 Å². The van der Waals surface area contributed by atoms with Crippen molar-refractivity contribution in [2.75, 3.05) is 27.2 Å². The van der Waals surface area contributed by atoms with E-state index in [-0.39, 0.29) is 18.5 Å². The SMILES string of the molecule is CCCNC(=O)CNC(=NC)NC1CCc2nc(COC)nn2C1. The lowest BCUT2D eigenvalue weighted by molar-refractivity contribution is -0.120. The molecule has 2 rings (SSSR count). The number of ether oxygens (including phenoxy) is 1. The summed E-state index contributed by atoms with van der Waals surface area (Å²) in [6.07, 6.45) is 2.71. The van der Waals surface area contributed by atoms with Crippen LogP contribution in [0.15, 0.2) is 4.99 Å². The van der Waals surface area contributed by atoms with Gasteiger partial charge in [0, 0.05) is 33.2 Å². The van der Waals surface area contributed by atoms with Crippen LogP contribution in [0.5, 0.6) is 0 Å². The third-order valence-electron chi connectivity index (χ3n) is 3.73. The zero-order valence-corrected chi connectivity index (χ0v) is 14.6. The highest BCUT2D eigenvalue weighted by atomic mass is 16.5. The van der Waals surface area contributed by atoms with E-state index in [0.717, 1.165) is 31.6 Å². The van der Waals surface area contributed by atoms with Crippen molar-refractivity contribution in [1.29, 1.82) is 0 Å². The number of aryl methyl sites for hydroxylation is 1. The predicted octanol–water partition coefficient (Wildman–Crippen LogP) is -0.569. The summed E-state index contributed by atoms with van der Waals surface area (Å²) in [6, 6.07) is 0.194. The van der Waals surface area contributed by atoms with Gasteiger partial charge in [-0.3, -0.25) is 9.79 Å². The number of aliphatic imine (C=N–C) groups is 1. The number of carbonyl (C=O) groups excluding carboxylic acids is 1. The highest BCUT2D eigenvalue weighted by molar-refractivity contribution is 5.86. The van der Waals surface area contributed by atoms with Gasteiger partial charge in [0.15, 0.2) is 11.8 Å². The van der Waals surface area contributed by atoms with Crippen LogP contribution in [0.25, 0.3) is 0 Å². The summed E-state index contributed by atoms with van der Waals surface area (Å²) in [7, 11) is 3.33. The maximum absolute atomic E-state index is 11.7. The minimum absolute atomic E-state index is 0.0359. The van der Waals surface area contributed by atoms with Crippen LogP contribution in [-0.2, 0) is 29.1 Å². The van der Waals surface area contributed by atoms with E-state index in [1.807, 2.05) is 11.6 Å². The number of aromatic nitrogens is 3. The molecule has 0 radical (unpaired) electrons. The van der Waals surface area contributed by atoms with Gasteiger partial charge in [0.05, 0.1) is 13.1 Å². The molecule has 2 heterocycles. The summed E-state index contributed by atoms with van der Waals surface area (Å²) in [6.45, 7) is 4.06. The van der Waals surface area contributed by atoms with Crippen molar-refractivity contribution < 1.29 is 9.53 Å². The molecule has 134 valence electrons. The first-order chi connectivity index (χ1) is 11.7. The summed E-state index contributed by atoms with van der Waals surface area (Å²) >= 11 is 0. The Morgan fingerprint density at radius 1 is 1.46 bits per heavy atom. The van der Waals surface area contributed by atoms with E-state index in [1.165, 1.54) is 0 Å². The molecule has 1 aromatic heterocycles. The number of nitrogens with zero attached hydrogens (tertiary/aromatic N) is 4. The lowest BCUT2D eigenvalue weighted by atomic mass is 10.1. The van der Waals surface area contributed by atoms with Crippen LogP contribution in [0.2, 0.25) is 0 Å². The van der Waals surface area contributed by atoms with Crippen LogP contribution >= 0.6 is 0 Å².